The Morgan fingerprint density at radius 2 is 1.48 bits per heavy atom. The van der Waals surface area contributed by atoms with Gasteiger partial charge in [0.25, 0.3) is 0 Å². The minimum atomic E-state index is 0.115. The maximum Gasteiger partial charge on any atom is 0.0492 e. The van der Waals surface area contributed by atoms with Crippen LogP contribution in [-0.4, -0.2) is 48.2 Å². The Kier molecular flexibility index (Phi) is 5.15. The van der Waals surface area contributed by atoms with Crippen LogP contribution in [0.15, 0.2) is 45.3 Å². The number of hydrogen-bond donors (Lipinski definition) is 2. The van der Waals surface area contributed by atoms with Crippen molar-refractivity contribution in [3.63, 3.8) is 0 Å². The van der Waals surface area contributed by atoms with E-state index in [1.165, 1.54) is 21.8 Å². The first-order valence-corrected chi connectivity index (χ1v) is 10.3. The molecule has 2 heterocycles. The Hall–Kier alpha value is -0.920. The quantitative estimate of drug-likeness (QED) is 0.619. The number of fused-ring (bicyclic) bond motifs is 3. The number of rotatable bonds is 4. The van der Waals surface area contributed by atoms with Gasteiger partial charge in [-0.1, -0.05) is 31.9 Å². The van der Waals surface area contributed by atoms with Crippen LogP contribution in [-0.2, 0) is 6.54 Å². The van der Waals surface area contributed by atoms with Crippen LogP contribution in [0.3, 0.4) is 0 Å². The molecule has 1 fully saturated rings. The number of hydrogen-bond acceptors (Lipinski definition) is 3. The van der Waals surface area contributed by atoms with Gasteiger partial charge < -0.3 is 15.6 Å². The van der Waals surface area contributed by atoms with Crippen molar-refractivity contribution in [2.24, 2.45) is 5.73 Å². The number of nitrogens with zero attached hydrogens (tertiary/aromatic N) is 2. The zero-order chi connectivity index (χ0) is 17.4. The van der Waals surface area contributed by atoms with E-state index in [-0.39, 0.29) is 6.04 Å². The van der Waals surface area contributed by atoms with Gasteiger partial charge in [-0.05, 0) is 36.4 Å². The number of benzene rings is 2. The van der Waals surface area contributed by atoms with Crippen molar-refractivity contribution in [1.29, 1.82) is 0 Å². The molecule has 132 valence electrons. The molecule has 4 rings (SSSR count). The lowest BCUT2D eigenvalue weighted by atomic mass is 10.2. The molecule has 1 saturated heterocycles. The fraction of sp³-hybridized carbons (Fsp3) is 0.368. The first-order valence-electron chi connectivity index (χ1n) is 8.67. The fourth-order valence-electron chi connectivity index (χ4n) is 3.76. The summed E-state index contributed by atoms with van der Waals surface area (Å²) in [5.74, 6) is 0. The third-order valence-electron chi connectivity index (χ3n) is 4.91. The molecule has 25 heavy (non-hydrogen) atoms. The number of aromatic nitrogens is 1. The molecule has 0 spiro atoms. The lowest BCUT2D eigenvalue weighted by Crippen LogP contribution is -2.48. The van der Waals surface area contributed by atoms with E-state index in [9.17, 15) is 0 Å². The molecule has 1 aromatic heterocycles. The van der Waals surface area contributed by atoms with Gasteiger partial charge in [0.15, 0.2) is 0 Å². The largest absolute Gasteiger partial charge is 0.339 e. The fourth-order valence-corrected chi connectivity index (χ4v) is 4.48. The summed E-state index contributed by atoms with van der Waals surface area (Å²) in [6.45, 7) is 6.05. The van der Waals surface area contributed by atoms with Crippen molar-refractivity contribution in [3.8, 4) is 0 Å². The summed E-state index contributed by atoms with van der Waals surface area (Å²) < 4.78 is 4.57. The molecule has 0 saturated carbocycles. The van der Waals surface area contributed by atoms with Gasteiger partial charge in [0.2, 0.25) is 0 Å². The van der Waals surface area contributed by atoms with Crippen LogP contribution in [0, 0.1) is 0 Å². The molecule has 0 bridgehead atoms. The molecule has 4 nitrogen and oxygen atoms in total. The molecule has 0 unspecified atom stereocenters. The molecule has 2 aromatic carbocycles. The van der Waals surface area contributed by atoms with Crippen LogP contribution in [0.4, 0.5) is 0 Å². The molecule has 3 N–H and O–H groups in total. The highest BCUT2D eigenvalue weighted by atomic mass is 79.9. The van der Waals surface area contributed by atoms with Crippen LogP contribution >= 0.6 is 31.9 Å². The van der Waals surface area contributed by atoms with Crippen LogP contribution < -0.4 is 11.1 Å². The van der Waals surface area contributed by atoms with Gasteiger partial charge in [0, 0.05) is 76.1 Å². The van der Waals surface area contributed by atoms with Crippen molar-refractivity contribution in [2.45, 2.75) is 12.6 Å². The maximum atomic E-state index is 6.54. The summed E-state index contributed by atoms with van der Waals surface area (Å²) in [5.41, 5.74) is 9.02. The highest BCUT2D eigenvalue weighted by molar-refractivity contribution is 9.10. The van der Waals surface area contributed by atoms with Gasteiger partial charge in [0.1, 0.15) is 0 Å². The van der Waals surface area contributed by atoms with Gasteiger partial charge in [-0.25, -0.2) is 0 Å². The normalized spacial score (nSPS) is 17.4. The van der Waals surface area contributed by atoms with E-state index in [0.717, 1.165) is 48.2 Å². The molecular weight excluding hydrogens is 444 g/mol. The van der Waals surface area contributed by atoms with E-state index >= 15 is 0 Å². The van der Waals surface area contributed by atoms with Crippen molar-refractivity contribution in [1.82, 2.24) is 14.8 Å². The lowest BCUT2D eigenvalue weighted by molar-refractivity contribution is 0.222. The van der Waals surface area contributed by atoms with Crippen molar-refractivity contribution < 1.29 is 0 Å². The Morgan fingerprint density at radius 3 is 2.04 bits per heavy atom. The number of nitrogens with one attached hydrogen (secondary N) is 1. The zero-order valence-electron chi connectivity index (χ0n) is 14.0. The smallest absolute Gasteiger partial charge is 0.0492 e. The summed E-state index contributed by atoms with van der Waals surface area (Å²) in [5, 5.41) is 5.92. The standard InChI is InChI=1S/C19H22Br2N4/c20-13-1-3-18-16(9-13)17-10-14(21)2-4-19(17)25(18)12-15(22)11-24-7-5-23-6-8-24/h1-4,9-10,15,23H,5-8,11-12,22H2/t15-/m0/s1. The van der Waals surface area contributed by atoms with Gasteiger partial charge in [-0.2, -0.15) is 0 Å². The Balaban J connectivity index is 1.69. The first kappa shape index (κ1) is 17.5. The molecule has 0 amide bonds. The Morgan fingerprint density at radius 1 is 0.920 bits per heavy atom. The Labute approximate surface area is 164 Å². The Bertz CT molecular complexity index is 840. The highest BCUT2D eigenvalue weighted by Crippen LogP contribution is 2.33. The molecular formula is C19H22Br2N4. The van der Waals surface area contributed by atoms with E-state index in [1.54, 1.807) is 0 Å². The summed E-state index contributed by atoms with van der Waals surface area (Å²) in [4.78, 5) is 2.46. The van der Waals surface area contributed by atoms with Crippen LogP contribution in [0.5, 0.6) is 0 Å². The number of halogens is 2. The third kappa shape index (κ3) is 3.64. The molecule has 1 aliphatic rings. The average molecular weight is 466 g/mol. The predicted octanol–water partition coefficient (Wildman–Crippen LogP) is 3.55. The second kappa shape index (κ2) is 7.37. The molecule has 3 aromatic rings. The van der Waals surface area contributed by atoms with Crippen LogP contribution in [0.25, 0.3) is 21.8 Å². The minimum absolute atomic E-state index is 0.115. The van der Waals surface area contributed by atoms with Crippen molar-refractivity contribution in [2.75, 3.05) is 32.7 Å². The lowest BCUT2D eigenvalue weighted by Gasteiger charge is -2.29. The summed E-state index contributed by atoms with van der Waals surface area (Å²) in [7, 11) is 0. The van der Waals surface area contributed by atoms with Crippen molar-refractivity contribution in [3.05, 3.63) is 45.3 Å². The van der Waals surface area contributed by atoms with Gasteiger partial charge in [-0.3, -0.25) is 4.90 Å². The first-order chi connectivity index (χ1) is 12.1. The molecule has 6 heteroatoms. The molecule has 1 atom stereocenters. The van der Waals surface area contributed by atoms with Gasteiger partial charge in [0.05, 0.1) is 0 Å². The van der Waals surface area contributed by atoms with E-state index in [2.05, 4.69) is 83.0 Å². The third-order valence-corrected chi connectivity index (χ3v) is 5.89. The topological polar surface area (TPSA) is 46.2 Å². The maximum absolute atomic E-state index is 6.54. The van der Waals surface area contributed by atoms with E-state index in [0.29, 0.717) is 0 Å². The van der Waals surface area contributed by atoms with E-state index in [4.69, 9.17) is 5.73 Å². The average Bonchev–Trinajstić information content (AvgIpc) is 2.88. The van der Waals surface area contributed by atoms with Crippen molar-refractivity contribution >= 4 is 53.7 Å². The van der Waals surface area contributed by atoms with E-state index in [1.807, 2.05) is 0 Å². The molecule has 0 radical (unpaired) electrons. The molecule has 1 aliphatic heterocycles. The highest BCUT2D eigenvalue weighted by Gasteiger charge is 2.17. The summed E-state index contributed by atoms with van der Waals surface area (Å²) >= 11 is 7.21. The van der Waals surface area contributed by atoms with E-state index < -0.39 is 0 Å². The molecule has 0 aliphatic carbocycles. The second-order valence-corrected chi connectivity index (χ2v) is 8.58. The summed E-state index contributed by atoms with van der Waals surface area (Å²) in [6.07, 6.45) is 0. The second-order valence-electron chi connectivity index (χ2n) is 6.74. The summed E-state index contributed by atoms with van der Waals surface area (Å²) in [6, 6.07) is 13.1. The monoisotopic (exact) mass is 464 g/mol. The SMILES string of the molecule is N[C@@H](CN1CCNCC1)Cn1c2ccc(Br)cc2c2cc(Br)ccc21. The number of piperazine rings is 1. The zero-order valence-corrected chi connectivity index (χ0v) is 17.2. The van der Waals surface area contributed by atoms with Crippen LogP contribution in [0.2, 0.25) is 0 Å². The minimum Gasteiger partial charge on any atom is -0.339 e. The van der Waals surface area contributed by atoms with Gasteiger partial charge >= 0.3 is 0 Å². The van der Waals surface area contributed by atoms with Crippen LogP contribution in [0.1, 0.15) is 0 Å². The predicted molar refractivity (Wildman–Crippen MR) is 112 cm³/mol. The van der Waals surface area contributed by atoms with Gasteiger partial charge in [-0.15, -0.1) is 0 Å². The number of nitrogens with two attached hydrogens (primary N) is 1.